The first-order valence-electron chi connectivity index (χ1n) is 4.86. The maximum Gasteiger partial charge on any atom is 0.377 e. The molecule has 1 aromatic heterocycles. The van der Waals surface area contributed by atoms with Crippen LogP contribution in [0.4, 0.5) is 0 Å². The van der Waals surface area contributed by atoms with Gasteiger partial charge in [-0.2, -0.15) is 0 Å². The molecule has 0 saturated heterocycles. The molecular formula is C9H15N3O3. The average molecular weight is 213 g/mol. The minimum Gasteiger partial charge on any atom is -0.463 e. The Morgan fingerprint density at radius 3 is 3.00 bits per heavy atom. The number of aliphatic hydroxyl groups excluding tert-OH is 1. The summed E-state index contributed by atoms with van der Waals surface area (Å²) in [4.78, 5) is 14.8. The first-order valence-corrected chi connectivity index (χ1v) is 4.86. The normalized spacial score (nSPS) is 10.3. The number of rotatable bonds is 6. The van der Waals surface area contributed by atoms with Gasteiger partial charge in [0.25, 0.3) is 5.82 Å². The van der Waals surface area contributed by atoms with Crippen molar-refractivity contribution in [3.63, 3.8) is 0 Å². The molecule has 84 valence electrons. The van der Waals surface area contributed by atoms with Crippen LogP contribution in [0.25, 0.3) is 0 Å². The molecule has 0 radical (unpaired) electrons. The van der Waals surface area contributed by atoms with E-state index in [0.29, 0.717) is 6.54 Å². The summed E-state index contributed by atoms with van der Waals surface area (Å²) >= 11 is 0. The van der Waals surface area contributed by atoms with Gasteiger partial charge in [0.05, 0.1) is 7.11 Å². The zero-order chi connectivity index (χ0) is 11.1. The van der Waals surface area contributed by atoms with E-state index in [9.17, 15) is 4.79 Å². The van der Waals surface area contributed by atoms with E-state index in [2.05, 4.69) is 14.8 Å². The van der Waals surface area contributed by atoms with E-state index in [4.69, 9.17) is 5.11 Å². The Hall–Kier alpha value is -1.43. The molecule has 15 heavy (non-hydrogen) atoms. The highest BCUT2D eigenvalue weighted by atomic mass is 16.5. The van der Waals surface area contributed by atoms with Gasteiger partial charge in [0.1, 0.15) is 6.33 Å². The number of nitrogens with zero attached hydrogens (tertiary/aromatic N) is 3. The number of aryl methyl sites for hydroxylation is 1. The number of carbonyl (C=O) groups excluding carboxylic acids is 1. The predicted molar refractivity (Wildman–Crippen MR) is 52.3 cm³/mol. The van der Waals surface area contributed by atoms with Crippen molar-refractivity contribution in [3.8, 4) is 0 Å². The fourth-order valence-corrected chi connectivity index (χ4v) is 1.15. The van der Waals surface area contributed by atoms with E-state index in [-0.39, 0.29) is 12.4 Å². The highest BCUT2D eigenvalue weighted by molar-refractivity contribution is 5.84. The van der Waals surface area contributed by atoms with Gasteiger partial charge >= 0.3 is 5.97 Å². The lowest BCUT2D eigenvalue weighted by atomic mass is 10.2. The van der Waals surface area contributed by atoms with Crippen LogP contribution in [-0.4, -0.2) is 39.6 Å². The maximum atomic E-state index is 11.0. The monoisotopic (exact) mass is 213 g/mol. The van der Waals surface area contributed by atoms with Crippen molar-refractivity contribution in [2.45, 2.75) is 25.8 Å². The molecule has 0 aromatic carbocycles. The lowest BCUT2D eigenvalue weighted by Crippen LogP contribution is -2.06. The van der Waals surface area contributed by atoms with Crippen LogP contribution in [0.1, 0.15) is 29.9 Å². The number of hydrogen-bond acceptors (Lipinski definition) is 5. The summed E-state index contributed by atoms with van der Waals surface area (Å²) in [5, 5.41) is 12.5. The smallest absolute Gasteiger partial charge is 0.377 e. The standard InChI is InChI=1S/C9H15N3O3/c1-15-9(14)8-10-7-12(11-8)5-3-2-4-6-13/h7,13H,2-6H2,1H3. The van der Waals surface area contributed by atoms with Gasteiger partial charge in [0.15, 0.2) is 0 Å². The van der Waals surface area contributed by atoms with Crippen molar-refractivity contribution >= 4 is 5.97 Å². The van der Waals surface area contributed by atoms with Crippen LogP contribution in [0.3, 0.4) is 0 Å². The number of ether oxygens (including phenoxy) is 1. The molecule has 1 aromatic rings. The van der Waals surface area contributed by atoms with Crippen LogP contribution in [0.15, 0.2) is 6.33 Å². The lowest BCUT2D eigenvalue weighted by Gasteiger charge is -1.98. The van der Waals surface area contributed by atoms with Gasteiger partial charge in [-0.15, -0.1) is 5.10 Å². The second kappa shape index (κ2) is 6.13. The Morgan fingerprint density at radius 1 is 1.53 bits per heavy atom. The summed E-state index contributed by atoms with van der Waals surface area (Å²) in [5.41, 5.74) is 0. The summed E-state index contributed by atoms with van der Waals surface area (Å²) in [6, 6.07) is 0. The fraction of sp³-hybridized carbons (Fsp3) is 0.667. The molecule has 0 aliphatic heterocycles. The van der Waals surface area contributed by atoms with Crippen LogP contribution in [0.5, 0.6) is 0 Å². The maximum absolute atomic E-state index is 11.0. The molecular weight excluding hydrogens is 198 g/mol. The topological polar surface area (TPSA) is 77.2 Å². The Kier molecular flexibility index (Phi) is 4.76. The first-order chi connectivity index (χ1) is 7.27. The molecule has 0 amide bonds. The van der Waals surface area contributed by atoms with Crippen molar-refractivity contribution in [2.75, 3.05) is 13.7 Å². The van der Waals surface area contributed by atoms with Crippen LogP contribution in [0, 0.1) is 0 Å². The molecule has 0 saturated carbocycles. The fourth-order valence-electron chi connectivity index (χ4n) is 1.15. The van der Waals surface area contributed by atoms with Crippen molar-refractivity contribution in [2.24, 2.45) is 0 Å². The summed E-state index contributed by atoms with van der Waals surface area (Å²) in [6.45, 7) is 0.911. The zero-order valence-electron chi connectivity index (χ0n) is 8.72. The Balaban J connectivity index is 2.36. The largest absolute Gasteiger partial charge is 0.463 e. The van der Waals surface area contributed by atoms with E-state index < -0.39 is 5.97 Å². The number of unbranched alkanes of at least 4 members (excludes halogenated alkanes) is 2. The second-order valence-electron chi connectivity index (χ2n) is 3.11. The zero-order valence-corrected chi connectivity index (χ0v) is 8.72. The summed E-state index contributed by atoms with van der Waals surface area (Å²) in [5.74, 6) is -0.441. The number of hydrogen-bond donors (Lipinski definition) is 1. The van der Waals surface area contributed by atoms with Crippen molar-refractivity contribution in [1.29, 1.82) is 0 Å². The Morgan fingerprint density at radius 2 is 2.33 bits per heavy atom. The third-order valence-electron chi connectivity index (χ3n) is 1.95. The van der Waals surface area contributed by atoms with Gasteiger partial charge in [-0.1, -0.05) is 0 Å². The average Bonchev–Trinajstić information content (AvgIpc) is 2.72. The van der Waals surface area contributed by atoms with Crippen molar-refractivity contribution < 1.29 is 14.6 Å². The van der Waals surface area contributed by atoms with Gasteiger partial charge < -0.3 is 9.84 Å². The molecule has 6 nitrogen and oxygen atoms in total. The SMILES string of the molecule is COC(=O)c1ncn(CCCCCO)n1. The summed E-state index contributed by atoms with van der Waals surface area (Å²) in [7, 11) is 1.30. The van der Waals surface area contributed by atoms with Crippen LogP contribution < -0.4 is 0 Å². The molecule has 0 atom stereocenters. The summed E-state index contributed by atoms with van der Waals surface area (Å²) < 4.78 is 6.08. The molecule has 6 heteroatoms. The highest BCUT2D eigenvalue weighted by Gasteiger charge is 2.10. The van der Waals surface area contributed by atoms with E-state index in [1.807, 2.05) is 0 Å². The minimum absolute atomic E-state index is 0.0830. The molecule has 1 heterocycles. The van der Waals surface area contributed by atoms with Gasteiger partial charge in [0, 0.05) is 13.2 Å². The number of methoxy groups -OCH3 is 1. The van der Waals surface area contributed by atoms with Gasteiger partial charge in [0.2, 0.25) is 0 Å². The number of aliphatic hydroxyl groups is 1. The van der Waals surface area contributed by atoms with E-state index in [0.717, 1.165) is 19.3 Å². The van der Waals surface area contributed by atoms with Crippen molar-refractivity contribution in [3.05, 3.63) is 12.2 Å². The van der Waals surface area contributed by atoms with Crippen molar-refractivity contribution in [1.82, 2.24) is 14.8 Å². The van der Waals surface area contributed by atoms with Crippen LogP contribution in [0.2, 0.25) is 0 Å². The van der Waals surface area contributed by atoms with Gasteiger partial charge in [-0.05, 0) is 19.3 Å². The Labute approximate surface area is 87.9 Å². The first kappa shape index (κ1) is 11.6. The highest BCUT2D eigenvalue weighted by Crippen LogP contribution is 1.98. The number of carbonyl (C=O) groups is 1. The Bertz CT molecular complexity index is 311. The number of aromatic nitrogens is 3. The molecule has 0 unspecified atom stereocenters. The van der Waals surface area contributed by atoms with Crippen LogP contribution >= 0.6 is 0 Å². The number of esters is 1. The predicted octanol–water partition coefficient (Wildman–Crippen LogP) is 0.227. The molecule has 0 spiro atoms. The molecule has 1 rings (SSSR count). The summed E-state index contributed by atoms with van der Waals surface area (Å²) in [6.07, 6.45) is 4.14. The van der Waals surface area contributed by atoms with E-state index in [1.165, 1.54) is 13.4 Å². The minimum atomic E-state index is -0.524. The van der Waals surface area contributed by atoms with Gasteiger partial charge in [-0.25, -0.2) is 9.78 Å². The third kappa shape index (κ3) is 3.67. The lowest BCUT2D eigenvalue weighted by molar-refractivity contribution is 0.0586. The quantitative estimate of drug-likeness (QED) is 0.540. The van der Waals surface area contributed by atoms with E-state index >= 15 is 0 Å². The molecule has 0 bridgehead atoms. The van der Waals surface area contributed by atoms with Gasteiger partial charge in [-0.3, -0.25) is 4.68 Å². The van der Waals surface area contributed by atoms with E-state index in [1.54, 1.807) is 4.68 Å². The molecule has 0 fully saturated rings. The third-order valence-corrected chi connectivity index (χ3v) is 1.95. The second-order valence-corrected chi connectivity index (χ2v) is 3.11. The van der Waals surface area contributed by atoms with Crippen LogP contribution in [-0.2, 0) is 11.3 Å². The molecule has 0 aliphatic rings. The molecule has 1 N–H and O–H groups in total. The molecule has 0 aliphatic carbocycles.